The van der Waals surface area contributed by atoms with Crippen LogP contribution >= 0.6 is 15.9 Å². The highest BCUT2D eigenvalue weighted by Crippen LogP contribution is 2.31. The van der Waals surface area contributed by atoms with Gasteiger partial charge in [-0.1, -0.05) is 13.8 Å². The Labute approximate surface area is 110 Å². The van der Waals surface area contributed by atoms with Crippen molar-refractivity contribution in [2.24, 2.45) is 5.92 Å². The molecule has 0 spiro atoms. The van der Waals surface area contributed by atoms with Crippen LogP contribution in [0.5, 0.6) is 0 Å². The van der Waals surface area contributed by atoms with E-state index in [0.717, 1.165) is 10.2 Å². The quantitative estimate of drug-likeness (QED) is 0.672. The van der Waals surface area contributed by atoms with Gasteiger partial charge in [0, 0.05) is 27.8 Å². The lowest BCUT2D eigenvalue weighted by Gasteiger charge is -2.20. The van der Waals surface area contributed by atoms with Crippen LogP contribution in [0.2, 0.25) is 0 Å². The molecule has 0 bridgehead atoms. The molecule has 1 rings (SSSR count). The van der Waals surface area contributed by atoms with Crippen LogP contribution in [0.3, 0.4) is 0 Å². The van der Waals surface area contributed by atoms with Crippen LogP contribution in [0.15, 0.2) is 16.6 Å². The highest BCUT2D eigenvalue weighted by molar-refractivity contribution is 9.10. The van der Waals surface area contributed by atoms with Crippen molar-refractivity contribution < 1.29 is 4.92 Å². The Morgan fingerprint density at radius 2 is 1.94 bits per heavy atom. The number of benzene rings is 1. The summed E-state index contributed by atoms with van der Waals surface area (Å²) in [6.07, 6.45) is 0. The fourth-order valence-corrected chi connectivity index (χ4v) is 1.84. The summed E-state index contributed by atoms with van der Waals surface area (Å²) < 4.78 is 0.724. The minimum absolute atomic E-state index is 0.139. The van der Waals surface area contributed by atoms with Crippen molar-refractivity contribution in [2.45, 2.75) is 33.7 Å². The molecule has 1 unspecified atom stereocenters. The van der Waals surface area contributed by atoms with Gasteiger partial charge in [-0.25, -0.2) is 0 Å². The Morgan fingerprint density at radius 3 is 2.41 bits per heavy atom. The molecule has 0 saturated heterocycles. The Balaban J connectivity index is 3.03. The topological polar surface area (TPSA) is 55.2 Å². The zero-order valence-corrected chi connectivity index (χ0v) is 12.0. The predicted molar refractivity (Wildman–Crippen MR) is 73.5 cm³/mol. The van der Waals surface area contributed by atoms with Gasteiger partial charge >= 0.3 is 0 Å². The predicted octanol–water partition coefficient (Wildman–Crippen LogP) is 4.12. The van der Waals surface area contributed by atoms with Gasteiger partial charge in [0.05, 0.1) is 4.92 Å². The van der Waals surface area contributed by atoms with Gasteiger partial charge in [0.1, 0.15) is 0 Å². The Bertz CT molecular complexity index is 433. The summed E-state index contributed by atoms with van der Waals surface area (Å²) in [5.41, 5.74) is 1.70. The lowest BCUT2D eigenvalue weighted by atomic mass is 10.1. The Morgan fingerprint density at radius 1 is 1.35 bits per heavy atom. The van der Waals surface area contributed by atoms with Crippen molar-refractivity contribution in [3.8, 4) is 0 Å². The molecular weight excluding hydrogens is 284 g/mol. The van der Waals surface area contributed by atoms with Crippen LogP contribution in [-0.4, -0.2) is 11.0 Å². The fraction of sp³-hybridized carbons (Fsp3) is 0.500. The number of aryl methyl sites for hydroxylation is 1. The summed E-state index contributed by atoms with van der Waals surface area (Å²) in [5, 5.41) is 14.1. The van der Waals surface area contributed by atoms with Gasteiger partial charge in [-0.15, -0.1) is 0 Å². The van der Waals surface area contributed by atoms with Gasteiger partial charge in [0.2, 0.25) is 0 Å². The largest absolute Gasteiger partial charge is 0.381 e. The standard InChI is InChI=1S/C12H17BrN2O2/c1-7(2)9(4)14-11-5-8(3)12(15(16)17)6-10(11)13/h5-7,9,14H,1-4H3. The second-order valence-electron chi connectivity index (χ2n) is 4.55. The molecule has 1 N–H and O–H groups in total. The SMILES string of the molecule is Cc1cc(NC(C)C(C)C)c(Br)cc1[N+](=O)[O-]. The normalized spacial score (nSPS) is 12.6. The van der Waals surface area contributed by atoms with Crippen LogP contribution in [-0.2, 0) is 0 Å². The van der Waals surface area contributed by atoms with Gasteiger partial charge in [-0.05, 0) is 41.8 Å². The molecule has 0 aliphatic heterocycles. The van der Waals surface area contributed by atoms with Gasteiger partial charge < -0.3 is 5.32 Å². The van der Waals surface area contributed by atoms with Gasteiger partial charge in [0.15, 0.2) is 0 Å². The van der Waals surface area contributed by atoms with E-state index >= 15 is 0 Å². The molecule has 17 heavy (non-hydrogen) atoms. The molecular formula is C12H17BrN2O2. The van der Waals surface area contributed by atoms with Crippen LogP contribution in [0, 0.1) is 23.0 Å². The number of hydrogen-bond donors (Lipinski definition) is 1. The lowest BCUT2D eigenvalue weighted by molar-refractivity contribution is -0.385. The summed E-state index contributed by atoms with van der Waals surface area (Å²) in [6, 6.07) is 3.67. The van der Waals surface area contributed by atoms with E-state index in [-0.39, 0.29) is 10.6 Å². The molecule has 0 saturated carbocycles. The number of nitrogens with one attached hydrogen (secondary N) is 1. The number of anilines is 1. The maximum atomic E-state index is 10.8. The molecule has 0 heterocycles. The molecule has 1 aromatic rings. The van der Waals surface area contributed by atoms with Crippen LogP contribution in [0.1, 0.15) is 26.3 Å². The van der Waals surface area contributed by atoms with Gasteiger partial charge in [-0.3, -0.25) is 10.1 Å². The molecule has 4 nitrogen and oxygen atoms in total. The third-order valence-corrected chi connectivity index (χ3v) is 3.52. The molecule has 0 radical (unpaired) electrons. The van der Waals surface area contributed by atoms with E-state index in [1.54, 1.807) is 19.1 Å². The monoisotopic (exact) mass is 300 g/mol. The maximum absolute atomic E-state index is 10.8. The molecule has 0 aliphatic carbocycles. The van der Waals surface area contributed by atoms with E-state index in [2.05, 4.69) is 42.0 Å². The first-order chi connectivity index (χ1) is 7.82. The molecule has 5 heteroatoms. The highest BCUT2D eigenvalue weighted by Gasteiger charge is 2.15. The van der Waals surface area contributed by atoms with Crippen LogP contribution in [0.25, 0.3) is 0 Å². The molecule has 0 fully saturated rings. The minimum atomic E-state index is -0.365. The van der Waals surface area contributed by atoms with Crippen molar-refractivity contribution in [1.29, 1.82) is 0 Å². The number of hydrogen-bond acceptors (Lipinski definition) is 3. The third-order valence-electron chi connectivity index (χ3n) is 2.87. The average molecular weight is 301 g/mol. The highest BCUT2D eigenvalue weighted by atomic mass is 79.9. The number of nitrogens with zero attached hydrogens (tertiary/aromatic N) is 1. The third kappa shape index (κ3) is 3.43. The van der Waals surface area contributed by atoms with E-state index in [1.165, 1.54) is 0 Å². The first-order valence-electron chi connectivity index (χ1n) is 5.54. The molecule has 1 aromatic carbocycles. The second kappa shape index (κ2) is 5.49. The zero-order chi connectivity index (χ0) is 13.2. The lowest BCUT2D eigenvalue weighted by Crippen LogP contribution is -2.21. The molecule has 0 aromatic heterocycles. The zero-order valence-electron chi connectivity index (χ0n) is 10.5. The van der Waals surface area contributed by atoms with Crippen molar-refractivity contribution in [2.75, 3.05) is 5.32 Å². The number of nitro groups is 1. The van der Waals surface area contributed by atoms with E-state index in [1.807, 2.05) is 0 Å². The van der Waals surface area contributed by atoms with Crippen LogP contribution in [0.4, 0.5) is 11.4 Å². The van der Waals surface area contributed by atoms with Crippen molar-refractivity contribution in [1.82, 2.24) is 0 Å². The first-order valence-corrected chi connectivity index (χ1v) is 6.33. The second-order valence-corrected chi connectivity index (χ2v) is 5.41. The van der Waals surface area contributed by atoms with E-state index in [0.29, 0.717) is 17.5 Å². The summed E-state index contributed by atoms with van der Waals surface area (Å²) in [7, 11) is 0. The summed E-state index contributed by atoms with van der Waals surface area (Å²) >= 11 is 3.36. The van der Waals surface area contributed by atoms with E-state index in [9.17, 15) is 10.1 Å². The van der Waals surface area contributed by atoms with Crippen molar-refractivity contribution in [3.05, 3.63) is 32.3 Å². The molecule has 0 amide bonds. The molecule has 0 aliphatic rings. The average Bonchev–Trinajstić information content (AvgIpc) is 2.22. The smallest absolute Gasteiger partial charge is 0.273 e. The van der Waals surface area contributed by atoms with Gasteiger partial charge in [-0.2, -0.15) is 0 Å². The maximum Gasteiger partial charge on any atom is 0.273 e. The van der Waals surface area contributed by atoms with Crippen molar-refractivity contribution in [3.63, 3.8) is 0 Å². The van der Waals surface area contributed by atoms with Crippen LogP contribution < -0.4 is 5.32 Å². The minimum Gasteiger partial charge on any atom is -0.381 e. The number of rotatable bonds is 4. The summed E-state index contributed by atoms with van der Waals surface area (Å²) in [5.74, 6) is 0.498. The Kier molecular flexibility index (Phi) is 4.51. The number of halogens is 1. The molecule has 1 atom stereocenters. The van der Waals surface area contributed by atoms with Crippen molar-refractivity contribution >= 4 is 27.3 Å². The summed E-state index contributed by atoms with van der Waals surface area (Å²) in [4.78, 5) is 10.4. The van der Waals surface area contributed by atoms with E-state index < -0.39 is 0 Å². The summed E-state index contributed by atoms with van der Waals surface area (Å²) in [6.45, 7) is 8.09. The van der Waals surface area contributed by atoms with Gasteiger partial charge in [0.25, 0.3) is 5.69 Å². The number of nitro benzene ring substituents is 1. The Hall–Kier alpha value is -1.10. The first kappa shape index (κ1) is 14.0. The fourth-order valence-electron chi connectivity index (χ4n) is 1.39. The molecule has 94 valence electrons. The van der Waals surface area contributed by atoms with E-state index in [4.69, 9.17) is 0 Å².